The monoisotopic (exact) mass is 433 g/mol. The molecule has 0 aliphatic rings. The van der Waals surface area contributed by atoms with Crippen LogP contribution in [0.25, 0.3) is 22.7 Å². The van der Waals surface area contributed by atoms with Crippen LogP contribution in [0.2, 0.25) is 0 Å². The second kappa shape index (κ2) is 8.05. The Balaban J connectivity index is 1.57. The third-order valence-electron chi connectivity index (χ3n) is 4.51. The Bertz CT molecular complexity index is 1430. The number of nitrogens with zero attached hydrogens (tertiary/aromatic N) is 2. The first-order valence-electron chi connectivity index (χ1n) is 9.23. The first-order chi connectivity index (χ1) is 14.8. The third kappa shape index (κ3) is 4.47. The fraction of sp³-hybridized carbons (Fsp3) is 0.0435. The predicted octanol–water partition coefficient (Wildman–Crippen LogP) is 4.84. The van der Waals surface area contributed by atoms with E-state index >= 15 is 0 Å². The van der Waals surface area contributed by atoms with Gasteiger partial charge in [-0.25, -0.2) is 9.37 Å². The Kier molecular flexibility index (Phi) is 5.28. The number of hydrogen-bond donors (Lipinski definition) is 1. The average Bonchev–Trinajstić information content (AvgIpc) is 3.16. The van der Waals surface area contributed by atoms with Crippen LogP contribution in [0.5, 0.6) is 5.75 Å². The molecule has 0 fully saturated rings. The number of fused-ring (bicyclic) bond motifs is 1. The smallest absolute Gasteiger partial charge is 0.339 e. The second-order valence-corrected chi connectivity index (χ2v) is 8.38. The summed E-state index contributed by atoms with van der Waals surface area (Å²) >= 11 is 0. The lowest BCUT2D eigenvalue weighted by Gasteiger charge is -2.07. The zero-order chi connectivity index (χ0) is 22.0. The van der Waals surface area contributed by atoms with Crippen LogP contribution in [0.4, 0.5) is 4.39 Å². The lowest BCUT2D eigenvalue weighted by atomic mass is 10.1. The van der Waals surface area contributed by atoms with Crippen molar-refractivity contribution in [1.29, 1.82) is 5.26 Å². The number of imidazole rings is 1. The topological polar surface area (TPSA) is 95.8 Å². The fourth-order valence-electron chi connectivity index (χ4n) is 2.97. The fourth-order valence-corrected chi connectivity index (χ4v) is 3.90. The number of nitrogens with one attached hydrogen (secondary N) is 1. The molecule has 0 atom stereocenters. The van der Waals surface area contributed by atoms with E-state index in [1.165, 1.54) is 12.1 Å². The molecule has 4 aromatic rings. The number of nitriles is 1. The summed E-state index contributed by atoms with van der Waals surface area (Å²) in [4.78, 5) is 7.44. The number of halogens is 1. The van der Waals surface area contributed by atoms with E-state index in [0.717, 1.165) is 40.9 Å². The highest BCUT2D eigenvalue weighted by molar-refractivity contribution is 7.87. The Labute approximate surface area is 178 Å². The van der Waals surface area contributed by atoms with Gasteiger partial charge in [-0.3, -0.25) is 0 Å². The average molecular weight is 433 g/mol. The van der Waals surface area contributed by atoms with E-state index in [0.29, 0.717) is 17.0 Å². The van der Waals surface area contributed by atoms with Crippen LogP contribution in [0.3, 0.4) is 0 Å². The lowest BCUT2D eigenvalue weighted by Crippen LogP contribution is -2.09. The van der Waals surface area contributed by atoms with Gasteiger partial charge in [-0.05, 0) is 72.7 Å². The molecule has 31 heavy (non-hydrogen) atoms. The molecule has 4 rings (SSSR count). The molecule has 3 aromatic carbocycles. The minimum absolute atomic E-state index is 0.0965. The molecule has 1 heterocycles. The zero-order valence-corrected chi connectivity index (χ0v) is 17.2. The van der Waals surface area contributed by atoms with Gasteiger partial charge >= 0.3 is 10.1 Å². The van der Waals surface area contributed by atoms with E-state index in [9.17, 15) is 18.1 Å². The highest BCUT2D eigenvalue weighted by atomic mass is 32.2. The van der Waals surface area contributed by atoms with Gasteiger partial charge in [-0.2, -0.15) is 13.7 Å². The van der Waals surface area contributed by atoms with Gasteiger partial charge in [0.2, 0.25) is 0 Å². The van der Waals surface area contributed by atoms with Crippen molar-refractivity contribution in [2.75, 3.05) is 0 Å². The van der Waals surface area contributed by atoms with Crippen LogP contribution in [0, 0.1) is 24.1 Å². The Hall–Kier alpha value is -3.96. The van der Waals surface area contributed by atoms with Crippen molar-refractivity contribution < 1.29 is 17.0 Å². The predicted molar refractivity (Wildman–Crippen MR) is 115 cm³/mol. The Morgan fingerprint density at radius 3 is 2.48 bits per heavy atom. The number of rotatable bonds is 5. The molecule has 0 aliphatic heterocycles. The van der Waals surface area contributed by atoms with Crippen molar-refractivity contribution in [3.05, 3.63) is 89.5 Å². The molecule has 1 N–H and O–H groups in total. The summed E-state index contributed by atoms with van der Waals surface area (Å²) in [5.41, 5.74) is 3.68. The first-order valence-corrected chi connectivity index (χ1v) is 10.6. The number of aryl methyl sites for hydroxylation is 1. The van der Waals surface area contributed by atoms with Gasteiger partial charge in [0.05, 0.1) is 16.6 Å². The Morgan fingerprint density at radius 2 is 1.81 bits per heavy atom. The van der Waals surface area contributed by atoms with Crippen molar-refractivity contribution in [1.82, 2.24) is 9.97 Å². The van der Waals surface area contributed by atoms with Gasteiger partial charge in [0.15, 0.2) is 0 Å². The maximum atomic E-state index is 13.0. The van der Waals surface area contributed by atoms with Crippen molar-refractivity contribution in [2.45, 2.75) is 11.8 Å². The van der Waals surface area contributed by atoms with Gasteiger partial charge < -0.3 is 9.17 Å². The number of aromatic nitrogens is 2. The molecule has 0 saturated heterocycles. The van der Waals surface area contributed by atoms with E-state index < -0.39 is 15.9 Å². The molecule has 0 amide bonds. The van der Waals surface area contributed by atoms with Gasteiger partial charge in [-0.1, -0.05) is 18.2 Å². The minimum Gasteiger partial charge on any atom is -0.379 e. The number of aromatic amines is 1. The summed E-state index contributed by atoms with van der Waals surface area (Å²) in [6.45, 7) is 1.97. The Morgan fingerprint density at radius 1 is 1.10 bits per heavy atom. The molecule has 0 bridgehead atoms. The van der Waals surface area contributed by atoms with Gasteiger partial charge in [0.1, 0.15) is 28.4 Å². The van der Waals surface area contributed by atoms with E-state index in [4.69, 9.17) is 4.18 Å². The molecule has 0 unspecified atom stereocenters. The molecule has 0 radical (unpaired) electrons. The van der Waals surface area contributed by atoms with Gasteiger partial charge in [-0.15, -0.1) is 0 Å². The van der Waals surface area contributed by atoms with E-state index in [2.05, 4.69) is 16.0 Å². The molecule has 6 nitrogen and oxygen atoms in total. The maximum absolute atomic E-state index is 13.0. The number of allylic oxidation sites excluding steroid dienone is 1. The largest absolute Gasteiger partial charge is 0.379 e. The minimum atomic E-state index is -4.08. The molecule has 0 aliphatic carbocycles. The summed E-state index contributed by atoms with van der Waals surface area (Å²) in [7, 11) is -4.08. The van der Waals surface area contributed by atoms with Crippen LogP contribution in [0.1, 0.15) is 17.0 Å². The standard InChI is InChI=1S/C23H16FN3O3S/c1-15-2-11-21-22(12-15)27-23(26-21)17(14-25)13-16-3-7-19(8-4-16)30-31(28,29)20-9-5-18(24)6-10-20/h2-13H,1H3,(H,26,27)/b17-13+. The number of hydrogen-bond acceptors (Lipinski definition) is 5. The molecule has 1 aromatic heterocycles. The zero-order valence-electron chi connectivity index (χ0n) is 16.3. The quantitative estimate of drug-likeness (QED) is 0.359. The van der Waals surface area contributed by atoms with Crippen molar-refractivity contribution in [3.63, 3.8) is 0 Å². The van der Waals surface area contributed by atoms with Crippen LogP contribution >= 0.6 is 0 Å². The second-order valence-electron chi connectivity index (χ2n) is 6.84. The summed E-state index contributed by atoms with van der Waals surface area (Å²) in [6.07, 6.45) is 1.64. The van der Waals surface area contributed by atoms with Crippen molar-refractivity contribution in [2.24, 2.45) is 0 Å². The van der Waals surface area contributed by atoms with Gasteiger partial charge in [0, 0.05) is 0 Å². The highest BCUT2D eigenvalue weighted by Crippen LogP contribution is 2.23. The number of H-pyrrole nitrogens is 1. The summed E-state index contributed by atoms with van der Waals surface area (Å²) < 4.78 is 42.7. The molecular weight excluding hydrogens is 417 g/mol. The van der Waals surface area contributed by atoms with E-state index in [1.54, 1.807) is 18.2 Å². The molecular formula is C23H16FN3O3S. The third-order valence-corrected chi connectivity index (χ3v) is 5.77. The molecule has 0 saturated carbocycles. The highest BCUT2D eigenvalue weighted by Gasteiger charge is 2.16. The SMILES string of the molecule is Cc1ccc2nc(/C(C#N)=C/c3ccc(OS(=O)(=O)c4ccc(F)cc4)cc3)[nH]c2c1. The van der Waals surface area contributed by atoms with Crippen LogP contribution in [-0.2, 0) is 10.1 Å². The molecule has 8 heteroatoms. The van der Waals surface area contributed by atoms with E-state index in [-0.39, 0.29) is 10.6 Å². The van der Waals surface area contributed by atoms with Gasteiger partial charge in [0.25, 0.3) is 0 Å². The van der Waals surface area contributed by atoms with Crippen LogP contribution in [-0.4, -0.2) is 18.4 Å². The van der Waals surface area contributed by atoms with Crippen molar-refractivity contribution >= 4 is 32.8 Å². The van der Waals surface area contributed by atoms with Crippen LogP contribution < -0.4 is 4.18 Å². The normalized spacial score (nSPS) is 12.0. The lowest BCUT2D eigenvalue weighted by molar-refractivity contribution is 0.486. The summed E-state index contributed by atoms with van der Waals surface area (Å²) in [5.74, 6) is 0.00415. The summed E-state index contributed by atoms with van der Waals surface area (Å²) in [6, 6.07) is 18.5. The maximum Gasteiger partial charge on any atom is 0.339 e. The molecule has 154 valence electrons. The van der Waals surface area contributed by atoms with Crippen LogP contribution in [0.15, 0.2) is 71.6 Å². The first kappa shape index (κ1) is 20.3. The summed E-state index contributed by atoms with van der Waals surface area (Å²) in [5, 5.41) is 9.56. The van der Waals surface area contributed by atoms with Crippen molar-refractivity contribution in [3.8, 4) is 11.8 Å². The number of benzene rings is 3. The molecule has 0 spiro atoms. The van der Waals surface area contributed by atoms with E-state index in [1.807, 2.05) is 25.1 Å².